The molecule has 2 heterocycles. The van der Waals surface area contributed by atoms with E-state index in [2.05, 4.69) is 20.2 Å². The van der Waals surface area contributed by atoms with E-state index in [1.165, 1.54) is 10.6 Å². The van der Waals surface area contributed by atoms with Crippen LogP contribution in [0.15, 0.2) is 40.4 Å². The van der Waals surface area contributed by atoms with Crippen LogP contribution in [-0.4, -0.2) is 60.2 Å². The van der Waals surface area contributed by atoms with Gasteiger partial charge in [-0.3, -0.25) is 9.79 Å². The summed E-state index contributed by atoms with van der Waals surface area (Å²) in [6.45, 7) is 3.08. The summed E-state index contributed by atoms with van der Waals surface area (Å²) in [5.74, 6) is 0.292. The largest absolute Gasteiger partial charge is 0.356 e. The molecule has 7 nitrogen and oxygen atoms in total. The Labute approximate surface area is 185 Å². The Kier molecular flexibility index (Phi) is 8.35. The third-order valence-corrected chi connectivity index (χ3v) is 4.77. The second-order valence-corrected chi connectivity index (χ2v) is 6.60. The van der Waals surface area contributed by atoms with Crippen LogP contribution in [0.1, 0.15) is 5.56 Å². The maximum absolute atomic E-state index is 13.7. The smallest absolute Gasteiger partial charge is 0.293 e. The molecule has 1 saturated heterocycles. The summed E-state index contributed by atoms with van der Waals surface area (Å²) in [7, 11) is 3.39. The lowest BCUT2D eigenvalue weighted by molar-refractivity contribution is 0.371. The number of piperazine rings is 1. The molecule has 158 valence electrons. The van der Waals surface area contributed by atoms with E-state index < -0.39 is 11.6 Å². The van der Waals surface area contributed by atoms with E-state index in [0.29, 0.717) is 56.5 Å². The number of halogens is 3. The lowest BCUT2D eigenvalue weighted by Crippen LogP contribution is -2.53. The van der Waals surface area contributed by atoms with Crippen molar-refractivity contribution in [2.45, 2.75) is 6.42 Å². The molecule has 0 unspecified atom stereocenters. The predicted molar refractivity (Wildman–Crippen MR) is 120 cm³/mol. The van der Waals surface area contributed by atoms with Crippen LogP contribution >= 0.6 is 24.0 Å². The van der Waals surface area contributed by atoms with Gasteiger partial charge in [0.2, 0.25) is 0 Å². The molecule has 0 atom stereocenters. The van der Waals surface area contributed by atoms with E-state index in [0.717, 1.165) is 12.1 Å². The number of aryl methyl sites for hydroxylation is 1. The monoisotopic (exact) mass is 518 g/mol. The Bertz CT molecular complexity index is 912. The van der Waals surface area contributed by atoms with Crippen LogP contribution in [0, 0.1) is 11.6 Å². The molecule has 0 bridgehead atoms. The van der Waals surface area contributed by atoms with Crippen LogP contribution in [0.2, 0.25) is 0 Å². The van der Waals surface area contributed by atoms with Crippen LogP contribution in [0.3, 0.4) is 0 Å². The fraction of sp³-hybridized carbons (Fsp3) is 0.421. The van der Waals surface area contributed by atoms with Gasteiger partial charge < -0.3 is 19.7 Å². The van der Waals surface area contributed by atoms with E-state index in [1.54, 1.807) is 26.5 Å². The number of guanidine groups is 1. The molecular formula is C19H25F2IN6O. The summed E-state index contributed by atoms with van der Waals surface area (Å²) in [6, 6.07) is 3.46. The summed E-state index contributed by atoms with van der Waals surface area (Å²) in [4.78, 5) is 24.8. The Morgan fingerprint density at radius 1 is 1.24 bits per heavy atom. The Balaban J connectivity index is 0.00000300. The van der Waals surface area contributed by atoms with Crippen LogP contribution in [0.5, 0.6) is 0 Å². The van der Waals surface area contributed by atoms with E-state index >= 15 is 0 Å². The van der Waals surface area contributed by atoms with Gasteiger partial charge in [-0.05, 0) is 30.2 Å². The highest BCUT2D eigenvalue weighted by atomic mass is 127. The third-order valence-electron chi connectivity index (χ3n) is 4.77. The molecule has 1 fully saturated rings. The van der Waals surface area contributed by atoms with Gasteiger partial charge in [-0.15, -0.1) is 24.0 Å². The van der Waals surface area contributed by atoms with Crippen LogP contribution in [0.25, 0.3) is 0 Å². The zero-order valence-corrected chi connectivity index (χ0v) is 18.8. The number of rotatable bonds is 4. The Hall–Kier alpha value is -2.24. The predicted octanol–water partition coefficient (Wildman–Crippen LogP) is 1.62. The van der Waals surface area contributed by atoms with Gasteiger partial charge in [0.05, 0.1) is 0 Å². The number of aliphatic imine (C=N–C) groups is 1. The fourth-order valence-corrected chi connectivity index (χ4v) is 3.21. The minimum absolute atomic E-state index is 0. The number of nitrogens with zero attached hydrogens (tertiary/aromatic N) is 5. The molecule has 29 heavy (non-hydrogen) atoms. The molecule has 0 amide bonds. The third kappa shape index (κ3) is 5.64. The Morgan fingerprint density at radius 3 is 2.66 bits per heavy atom. The number of benzene rings is 1. The molecule has 1 aliphatic heterocycles. The summed E-state index contributed by atoms with van der Waals surface area (Å²) < 4.78 is 28.5. The molecule has 3 rings (SSSR count). The number of hydrogen-bond acceptors (Lipinski definition) is 4. The highest BCUT2D eigenvalue weighted by Crippen LogP contribution is 2.11. The summed E-state index contributed by atoms with van der Waals surface area (Å²) >= 11 is 0. The molecule has 1 aromatic heterocycles. The zero-order valence-electron chi connectivity index (χ0n) is 16.4. The van der Waals surface area contributed by atoms with Gasteiger partial charge >= 0.3 is 0 Å². The first-order chi connectivity index (χ1) is 13.5. The summed E-state index contributed by atoms with van der Waals surface area (Å²) in [6.07, 6.45) is 3.61. The van der Waals surface area contributed by atoms with Crippen LogP contribution in [-0.2, 0) is 13.5 Å². The van der Waals surface area contributed by atoms with Gasteiger partial charge in [-0.1, -0.05) is 0 Å². The molecule has 1 aromatic carbocycles. The average molecular weight is 518 g/mol. The number of hydrogen-bond donors (Lipinski definition) is 1. The maximum atomic E-state index is 13.7. The van der Waals surface area contributed by atoms with Crippen molar-refractivity contribution < 1.29 is 8.78 Å². The van der Waals surface area contributed by atoms with Crippen LogP contribution < -0.4 is 15.8 Å². The van der Waals surface area contributed by atoms with Gasteiger partial charge in [-0.2, -0.15) is 0 Å². The van der Waals surface area contributed by atoms with Gasteiger partial charge in [-0.25, -0.2) is 13.8 Å². The number of aromatic nitrogens is 2. The second-order valence-electron chi connectivity index (χ2n) is 6.60. The SMILES string of the molecule is CN=C(NCCc1cc(F)ccc1F)N1CCN(c2nccn(C)c2=O)CC1.I. The molecular weight excluding hydrogens is 493 g/mol. The first-order valence-electron chi connectivity index (χ1n) is 9.15. The number of anilines is 1. The molecule has 0 radical (unpaired) electrons. The van der Waals surface area contributed by atoms with E-state index in [1.807, 2.05) is 4.90 Å². The highest BCUT2D eigenvalue weighted by Gasteiger charge is 2.22. The van der Waals surface area contributed by atoms with Crippen molar-refractivity contribution in [3.63, 3.8) is 0 Å². The normalized spacial score (nSPS) is 14.6. The molecule has 0 aliphatic carbocycles. The maximum Gasteiger partial charge on any atom is 0.293 e. The molecule has 0 spiro atoms. The molecule has 1 aliphatic rings. The van der Waals surface area contributed by atoms with Crippen molar-refractivity contribution in [3.8, 4) is 0 Å². The van der Waals surface area contributed by atoms with Crippen molar-refractivity contribution in [3.05, 3.63) is 58.1 Å². The minimum atomic E-state index is -0.447. The Morgan fingerprint density at radius 2 is 1.97 bits per heavy atom. The quantitative estimate of drug-likeness (QED) is 0.379. The minimum Gasteiger partial charge on any atom is -0.356 e. The molecule has 2 aromatic rings. The van der Waals surface area contributed by atoms with E-state index in [4.69, 9.17) is 0 Å². The standard InChI is InChI=1S/C19H24F2N6O.HI/c1-22-19(24-6-5-14-13-15(20)3-4-16(14)21)27-11-9-26(10-12-27)17-18(28)25(2)8-7-23-17;/h3-4,7-8,13H,5-6,9-12H2,1-2H3,(H,22,24);1H. The molecule has 10 heteroatoms. The summed E-state index contributed by atoms with van der Waals surface area (Å²) in [5, 5.41) is 3.20. The van der Waals surface area contributed by atoms with Gasteiger partial charge in [0.25, 0.3) is 5.56 Å². The lowest BCUT2D eigenvalue weighted by atomic mass is 10.1. The van der Waals surface area contributed by atoms with Gasteiger partial charge in [0.1, 0.15) is 11.6 Å². The second kappa shape index (κ2) is 10.5. The van der Waals surface area contributed by atoms with Crippen molar-refractivity contribution in [2.24, 2.45) is 12.0 Å². The van der Waals surface area contributed by atoms with Gasteiger partial charge in [0.15, 0.2) is 11.8 Å². The van der Waals surface area contributed by atoms with Crippen molar-refractivity contribution in [1.82, 2.24) is 19.8 Å². The molecule has 1 N–H and O–H groups in total. The summed E-state index contributed by atoms with van der Waals surface area (Å²) in [5.41, 5.74) is 0.217. The molecule has 0 saturated carbocycles. The average Bonchev–Trinajstić information content (AvgIpc) is 2.70. The van der Waals surface area contributed by atoms with Crippen molar-refractivity contribution in [1.29, 1.82) is 0 Å². The van der Waals surface area contributed by atoms with E-state index in [-0.39, 0.29) is 29.5 Å². The van der Waals surface area contributed by atoms with Crippen molar-refractivity contribution >= 4 is 35.8 Å². The van der Waals surface area contributed by atoms with Crippen molar-refractivity contribution in [2.75, 3.05) is 44.7 Å². The zero-order chi connectivity index (χ0) is 20.1. The van der Waals surface area contributed by atoms with Crippen LogP contribution in [0.4, 0.5) is 14.6 Å². The fourth-order valence-electron chi connectivity index (χ4n) is 3.21. The van der Waals surface area contributed by atoms with Gasteiger partial charge in [0, 0.05) is 59.2 Å². The first kappa shape index (κ1) is 23.0. The topological polar surface area (TPSA) is 65.8 Å². The first-order valence-corrected chi connectivity index (χ1v) is 9.15. The highest BCUT2D eigenvalue weighted by molar-refractivity contribution is 14.0. The van der Waals surface area contributed by atoms with E-state index in [9.17, 15) is 13.6 Å². The number of nitrogens with one attached hydrogen (secondary N) is 1. The lowest BCUT2D eigenvalue weighted by Gasteiger charge is -2.36.